The van der Waals surface area contributed by atoms with Crippen molar-refractivity contribution in [3.05, 3.63) is 70.4 Å². The van der Waals surface area contributed by atoms with E-state index in [2.05, 4.69) is 5.32 Å². The Labute approximate surface area is 167 Å². The van der Waals surface area contributed by atoms with Crippen molar-refractivity contribution >= 4 is 34.4 Å². The van der Waals surface area contributed by atoms with Gasteiger partial charge in [0, 0.05) is 23.1 Å². The number of rotatable bonds is 7. The second-order valence-electron chi connectivity index (χ2n) is 6.26. The van der Waals surface area contributed by atoms with Crippen LogP contribution in [0.15, 0.2) is 52.9 Å². The lowest BCUT2D eigenvalue weighted by Crippen LogP contribution is -2.31. The number of ether oxygens (including phenoxy) is 2. The van der Waals surface area contributed by atoms with Crippen molar-refractivity contribution in [1.29, 1.82) is 0 Å². The zero-order valence-electron chi connectivity index (χ0n) is 15.5. The fraction of sp³-hybridized carbons (Fsp3) is 0.238. The minimum absolute atomic E-state index is 0.0431. The topological polar surface area (TPSA) is 77.8 Å². The van der Waals surface area contributed by atoms with E-state index in [0.717, 1.165) is 10.9 Å². The van der Waals surface area contributed by atoms with E-state index in [1.807, 2.05) is 37.3 Å². The van der Waals surface area contributed by atoms with Crippen LogP contribution in [0.25, 0.3) is 11.0 Å². The van der Waals surface area contributed by atoms with Gasteiger partial charge < -0.3 is 19.2 Å². The molecular weight excluding hydrogens is 382 g/mol. The minimum Gasteiger partial charge on any atom is -0.450 e. The summed E-state index contributed by atoms with van der Waals surface area (Å²) < 4.78 is 15.9. The van der Waals surface area contributed by atoms with Gasteiger partial charge in [0.2, 0.25) is 5.76 Å². The van der Waals surface area contributed by atoms with Gasteiger partial charge in [-0.2, -0.15) is 0 Å². The molecule has 1 atom stereocenters. The third-order valence-electron chi connectivity index (χ3n) is 4.25. The molecule has 1 N–H and O–H groups in total. The first-order valence-corrected chi connectivity index (χ1v) is 9.08. The maximum absolute atomic E-state index is 12.4. The van der Waals surface area contributed by atoms with Crippen molar-refractivity contribution < 1.29 is 23.5 Å². The lowest BCUT2D eigenvalue weighted by molar-refractivity contribution is -0.124. The summed E-state index contributed by atoms with van der Waals surface area (Å²) in [6.45, 7) is 1.61. The molecule has 0 aliphatic carbocycles. The quantitative estimate of drug-likeness (QED) is 0.598. The molecule has 2 aromatic carbocycles. The number of esters is 1. The Morgan fingerprint density at radius 1 is 1.14 bits per heavy atom. The van der Waals surface area contributed by atoms with Gasteiger partial charge in [0.05, 0.1) is 12.6 Å². The lowest BCUT2D eigenvalue weighted by Gasteiger charge is -2.14. The van der Waals surface area contributed by atoms with Crippen molar-refractivity contribution in [3.8, 4) is 0 Å². The van der Waals surface area contributed by atoms with E-state index in [0.29, 0.717) is 16.2 Å². The molecule has 0 saturated heterocycles. The summed E-state index contributed by atoms with van der Waals surface area (Å²) in [6.07, 6.45) is 0. The van der Waals surface area contributed by atoms with Gasteiger partial charge in [-0.1, -0.05) is 41.9 Å². The molecule has 3 aromatic rings. The molecule has 28 heavy (non-hydrogen) atoms. The number of para-hydroxylation sites is 1. The number of furan rings is 1. The molecule has 0 aliphatic heterocycles. The van der Waals surface area contributed by atoms with Crippen LogP contribution in [0.3, 0.4) is 0 Å². The van der Waals surface area contributed by atoms with Gasteiger partial charge in [0.1, 0.15) is 5.58 Å². The Kier molecular flexibility index (Phi) is 6.34. The standard InChI is InChI=1S/C21H20ClNO5/c1-13(14-7-9-15(22)10-8-14)23-19(24)12-27-21(25)20-17(11-26-2)16-5-3-4-6-18(16)28-20/h3-10,13H,11-12H2,1-2H3,(H,23,24)/t13-/m1/s1. The second-order valence-corrected chi connectivity index (χ2v) is 6.69. The van der Waals surface area contributed by atoms with Crippen molar-refractivity contribution in [2.75, 3.05) is 13.7 Å². The Balaban J connectivity index is 1.63. The third kappa shape index (κ3) is 4.52. The first-order chi connectivity index (χ1) is 13.5. The van der Waals surface area contributed by atoms with Crippen molar-refractivity contribution in [2.24, 2.45) is 0 Å². The molecule has 0 unspecified atom stereocenters. The first-order valence-electron chi connectivity index (χ1n) is 8.71. The van der Waals surface area contributed by atoms with Crippen LogP contribution in [0.1, 0.15) is 34.6 Å². The molecule has 0 bridgehead atoms. The van der Waals surface area contributed by atoms with E-state index in [1.165, 1.54) is 7.11 Å². The molecule has 1 aromatic heterocycles. The largest absolute Gasteiger partial charge is 0.450 e. The number of benzene rings is 2. The number of carbonyl (C=O) groups is 2. The Morgan fingerprint density at radius 2 is 1.86 bits per heavy atom. The molecule has 0 radical (unpaired) electrons. The first kappa shape index (κ1) is 19.9. The average molecular weight is 402 g/mol. The highest BCUT2D eigenvalue weighted by molar-refractivity contribution is 6.30. The summed E-state index contributed by atoms with van der Waals surface area (Å²) in [4.78, 5) is 24.6. The van der Waals surface area contributed by atoms with Crippen LogP contribution in [0.4, 0.5) is 0 Å². The van der Waals surface area contributed by atoms with Crippen LogP contribution in [-0.4, -0.2) is 25.6 Å². The second kappa shape index (κ2) is 8.91. The highest BCUT2D eigenvalue weighted by Gasteiger charge is 2.22. The number of methoxy groups -OCH3 is 1. The maximum Gasteiger partial charge on any atom is 0.375 e. The molecule has 7 heteroatoms. The fourth-order valence-electron chi connectivity index (χ4n) is 2.87. The molecule has 146 valence electrons. The highest BCUT2D eigenvalue weighted by Crippen LogP contribution is 2.27. The van der Waals surface area contributed by atoms with E-state index >= 15 is 0 Å². The van der Waals surface area contributed by atoms with Gasteiger partial charge in [-0.25, -0.2) is 4.79 Å². The number of hydrogen-bond donors (Lipinski definition) is 1. The summed E-state index contributed by atoms with van der Waals surface area (Å²) in [7, 11) is 1.53. The van der Waals surface area contributed by atoms with Gasteiger partial charge in [0.25, 0.3) is 5.91 Å². The Morgan fingerprint density at radius 3 is 2.57 bits per heavy atom. The van der Waals surface area contributed by atoms with E-state index in [4.69, 9.17) is 25.5 Å². The summed E-state index contributed by atoms with van der Waals surface area (Å²) in [5.41, 5.74) is 2.05. The zero-order valence-corrected chi connectivity index (χ0v) is 16.3. The van der Waals surface area contributed by atoms with Gasteiger partial charge in [-0.3, -0.25) is 4.79 Å². The van der Waals surface area contributed by atoms with Crippen LogP contribution in [0, 0.1) is 0 Å². The van der Waals surface area contributed by atoms with Gasteiger partial charge in [-0.15, -0.1) is 0 Å². The van der Waals surface area contributed by atoms with E-state index in [1.54, 1.807) is 18.2 Å². The number of halogens is 1. The van der Waals surface area contributed by atoms with Gasteiger partial charge >= 0.3 is 5.97 Å². The molecule has 0 saturated carbocycles. The highest BCUT2D eigenvalue weighted by atomic mass is 35.5. The summed E-state index contributed by atoms with van der Waals surface area (Å²) in [5, 5.41) is 4.17. The molecule has 6 nitrogen and oxygen atoms in total. The van der Waals surface area contributed by atoms with Crippen LogP contribution in [0.5, 0.6) is 0 Å². The Hall–Kier alpha value is -2.83. The predicted molar refractivity (Wildman–Crippen MR) is 105 cm³/mol. The fourth-order valence-corrected chi connectivity index (χ4v) is 2.99. The number of carbonyl (C=O) groups excluding carboxylic acids is 2. The maximum atomic E-state index is 12.4. The third-order valence-corrected chi connectivity index (χ3v) is 4.51. The smallest absolute Gasteiger partial charge is 0.375 e. The van der Waals surface area contributed by atoms with Crippen LogP contribution >= 0.6 is 11.6 Å². The normalized spacial score (nSPS) is 12.0. The summed E-state index contributed by atoms with van der Waals surface area (Å²) >= 11 is 5.87. The monoisotopic (exact) mass is 401 g/mol. The van der Waals surface area contributed by atoms with E-state index in [9.17, 15) is 9.59 Å². The number of nitrogens with one attached hydrogen (secondary N) is 1. The minimum atomic E-state index is -0.711. The zero-order chi connectivity index (χ0) is 20.1. The molecule has 0 fully saturated rings. The van der Waals surface area contributed by atoms with Crippen LogP contribution in [-0.2, 0) is 20.9 Å². The van der Waals surface area contributed by atoms with E-state index < -0.39 is 18.5 Å². The molecule has 1 amide bonds. The van der Waals surface area contributed by atoms with Crippen molar-refractivity contribution in [2.45, 2.75) is 19.6 Å². The Bertz CT molecular complexity index is 980. The summed E-state index contributed by atoms with van der Waals surface area (Å²) in [6, 6.07) is 14.1. The van der Waals surface area contributed by atoms with Crippen molar-refractivity contribution in [3.63, 3.8) is 0 Å². The van der Waals surface area contributed by atoms with Gasteiger partial charge in [0.15, 0.2) is 6.61 Å². The average Bonchev–Trinajstić information content (AvgIpc) is 3.06. The lowest BCUT2D eigenvalue weighted by atomic mass is 10.1. The van der Waals surface area contributed by atoms with Crippen LogP contribution < -0.4 is 5.32 Å². The number of amides is 1. The SMILES string of the molecule is COCc1c(C(=O)OCC(=O)N[C@H](C)c2ccc(Cl)cc2)oc2ccccc12. The molecular formula is C21H20ClNO5. The molecule has 1 heterocycles. The molecule has 0 aliphatic rings. The van der Waals surface area contributed by atoms with E-state index in [-0.39, 0.29) is 18.4 Å². The predicted octanol–water partition coefficient (Wildman–Crippen LogP) is 4.27. The number of fused-ring (bicyclic) bond motifs is 1. The summed E-state index contributed by atoms with van der Waals surface area (Å²) in [5.74, 6) is -1.08. The molecule has 0 spiro atoms. The number of hydrogen-bond acceptors (Lipinski definition) is 5. The van der Waals surface area contributed by atoms with Gasteiger partial charge in [-0.05, 0) is 30.7 Å². The van der Waals surface area contributed by atoms with Crippen LogP contribution in [0.2, 0.25) is 5.02 Å². The molecule has 3 rings (SSSR count). The van der Waals surface area contributed by atoms with Crippen molar-refractivity contribution in [1.82, 2.24) is 5.32 Å².